The predicted octanol–water partition coefficient (Wildman–Crippen LogP) is 6.86. The van der Waals surface area contributed by atoms with Crippen molar-refractivity contribution >= 4 is 40.8 Å². The van der Waals surface area contributed by atoms with Crippen LogP contribution in [0.5, 0.6) is 5.75 Å². The fraction of sp³-hybridized carbons (Fsp3) is 0.0714. The zero-order valence-electron chi connectivity index (χ0n) is 19.3. The van der Waals surface area contributed by atoms with Gasteiger partial charge in [0.2, 0.25) is 5.75 Å². The molecule has 0 aliphatic heterocycles. The molecule has 2 N–H and O–H groups in total. The highest BCUT2D eigenvalue weighted by Crippen LogP contribution is 2.32. The molecular weight excluding hydrogens is 478 g/mol. The van der Waals surface area contributed by atoms with E-state index in [9.17, 15) is 20.0 Å². The molecule has 4 rings (SSSR count). The zero-order valence-corrected chi connectivity index (χ0v) is 20.1. The van der Waals surface area contributed by atoms with Crippen LogP contribution in [0.1, 0.15) is 32.6 Å². The monoisotopic (exact) mass is 499 g/mol. The highest BCUT2D eigenvalue weighted by Gasteiger charge is 2.19. The Morgan fingerprint density at radius 1 is 1.06 bits per heavy atom. The number of hydrogen-bond donors (Lipinski definition) is 2. The Kier molecular flexibility index (Phi) is 7.42. The highest BCUT2D eigenvalue weighted by molar-refractivity contribution is 6.31. The summed E-state index contributed by atoms with van der Waals surface area (Å²) in [7, 11) is 0. The number of nitrogens with zero attached hydrogens (tertiary/aromatic N) is 2. The Bertz CT molecular complexity index is 1470. The lowest BCUT2D eigenvalue weighted by atomic mass is 10.0. The number of nitrogens with one attached hydrogen (secondary N) is 1. The number of hydrogen-bond acceptors (Lipinski definition) is 5. The first-order chi connectivity index (χ1) is 17.3. The third kappa shape index (κ3) is 5.76. The number of phenolic OH excluding ortho intramolecular Hbond substituents is 1. The molecule has 0 aromatic heterocycles. The first kappa shape index (κ1) is 24.6. The second-order valence-electron chi connectivity index (χ2n) is 8.16. The standard InChI is InChI=1S/C28H22ClN3O4/c1-18-13-23(11-12-25(18)31-28(34)20-7-3-2-4-8-20)30-17-22-15-19(16-26(27(22)33)32(35)36)14-21-9-5-6-10-24(21)29/h2-13,15-17,33H,14H2,1H3,(H,31,34). The number of halogens is 1. The number of rotatable bonds is 7. The molecule has 0 spiro atoms. The van der Waals surface area contributed by atoms with Gasteiger partial charge in [-0.2, -0.15) is 0 Å². The van der Waals surface area contributed by atoms with Crippen LogP contribution in [-0.2, 0) is 6.42 Å². The lowest BCUT2D eigenvalue weighted by Gasteiger charge is -2.09. The quantitative estimate of drug-likeness (QED) is 0.165. The number of aliphatic imine (C=N–C) groups is 1. The maximum atomic E-state index is 12.4. The summed E-state index contributed by atoms with van der Waals surface area (Å²) in [5, 5.41) is 25.4. The second kappa shape index (κ2) is 10.8. The van der Waals surface area contributed by atoms with Crippen molar-refractivity contribution in [2.24, 2.45) is 4.99 Å². The molecule has 4 aromatic rings. The molecule has 180 valence electrons. The molecule has 0 aliphatic rings. The van der Waals surface area contributed by atoms with E-state index >= 15 is 0 Å². The normalized spacial score (nSPS) is 10.9. The summed E-state index contributed by atoms with van der Waals surface area (Å²) in [4.78, 5) is 27.7. The lowest BCUT2D eigenvalue weighted by Crippen LogP contribution is -2.12. The molecule has 0 saturated heterocycles. The van der Waals surface area contributed by atoms with E-state index in [2.05, 4.69) is 10.3 Å². The highest BCUT2D eigenvalue weighted by atomic mass is 35.5. The van der Waals surface area contributed by atoms with Gasteiger partial charge in [-0.1, -0.05) is 48.0 Å². The topological polar surface area (TPSA) is 105 Å². The van der Waals surface area contributed by atoms with E-state index in [4.69, 9.17) is 11.6 Å². The van der Waals surface area contributed by atoms with Crippen LogP contribution in [-0.4, -0.2) is 22.2 Å². The Balaban J connectivity index is 1.58. The van der Waals surface area contributed by atoms with Crippen LogP contribution < -0.4 is 5.32 Å². The van der Waals surface area contributed by atoms with Gasteiger partial charge in [-0.05, 0) is 72.5 Å². The minimum absolute atomic E-state index is 0.213. The van der Waals surface area contributed by atoms with Gasteiger partial charge in [0, 0.05) is 34.1 Å². The Morgan fingerprint density at radius 3 is 2.47 bits per heavy atom. The SMILES string of the molecule is Cc1cc(N=Cc2cc(Cc3ccccc3Cl)cc([N+](=O)[O-])c2O)ccc1NC(=O)c1ccccc1. The molecule has 0 atom stereocenters. The average Bonchev–Trinajstić information content (AvgIpc) is 2.87. The van der Waals surface area contributed by atoms with E-state index in [1.54, 1.807) is 54.6 Å². The van der Waals surface area contributed by atoms with Gasteiger partial charge >= 0.3 is 5.69 Å². The number of aryl methyl sites for hydroxylation is 1. The number of carbonyl (C=O) groups is 1. The molecule has 0 saturated carbocycles. The van der Waals surface area contributed by atoms with Gasteiger partial charge in [-0.3, -0.25) is 19.9 Å². The second-order valence-corrected chi connectivity index (χ2v) is 8.56. The summed E-state index contributed by atoms with van der Waals surface area (Å²) in [6.45, 7) is 1.84. The summed E-state index contributed by atoms with van der Waals surface area (Å²) >= 11 is 6.25. The minimum Gasteiger partial charge on any atom is -0.502 e. The third-order valence-corrected chi connectivity index (χ3v) is 5.94. The van der Waals surface area contributed by atoms with Crippen LogP contribution >= 0.6 is 11.6 Å². The first-order valence-electron chi connectivity index (χ1n) is 11.1. The molecule has 0 fully saturated rings. The van der Waals surface area contributed by atoms with E-state index < -0.39 is 16.4 Å². The number of phenols is 1. The molecule has 4 aromatic carbocycles. The molecule has 1 amide bonds. The van der Waals surface area contributed by atoms with Crippen LogP contribution in [0, 0.1) is 17.0 Å². The molecule has 0 radical (unpaired) electrons. The molecule has 0 heterocycles. The van der Waals surface area contributed by atoms with Crippen molar-refractivity contribution in [3.63, 3.8) is 0 Å². The predicted molar refractivity (Wildman–Crippen MR) is 142 cm³/mol. The summed E-state index contributed by atoms with van der Waals surface area (Å²) < 4.78 is 0. The number of carbonyl (C=O) groups excluding carboxylic acids is 1. The maximum Gasteiger partial charge on any atom is 0.311 e. The molecule has 0 unspecified atom stereocenters. The third-order valence-electron chi connectivity index (χ3n) is 5.58. The Labute approximate surface area is 212 Å². The first-order valence-corrected chi connectivity index (χ1v) is 11.4. The maximum absolute atomic E-state index is 12.4. The largest absolute Gasteiger partial charge is 0.502 e. The van der Waals surface area contributed by atoms with E-state index in [1.807, 2.05) is 31.2 Å². The molecule has 7 nitrogen and oxygen atoms in total. The van der Waals surface area contributed by atoms with Crippen molar-refractivity contribution in [2.45, 2.75) is 13.3 Å². The zero-order chi connectivity index (χ0) is 25.7. The van der Waals surface area contributed by atoms with E-state index in [0.717, 1.165) is 11.1 Å². The summed E-state index contributed by atoms with van der Waals surface area (Å²) in [5.41, 5.74) is 3.77. The van der Waals surface area contributed by atoms with Gasteiger partial charge in [0.1, 0.15) is 0 Å². The molecule has 8 heteroatoms. The van der Waals surface area contributed by atoms with Crippen LogP contribution in [0.3, 0.4) is 0 Å². The van der Waals surface area contributed by atoms with Crippen molar-refractivity contribution in [2.75, 3.05) is 5.32 Å². The van der Waals surface area contributed by atoms with Gasteiger partial charge < -0.3 is 10.4 Å². The van der Waals surface area contributed by atoms with Crippen molar-refractivity contribution in [1.29, 1.82) is 0 Å². The van der Waals surface area contributed by atoms with Crippen molar-refractivity contribution < 1.29 is 14.8 Å². The van der Waals surface area contributed by atoms with Crippen LogP contribution in [0.4, 0.5) is 17.1 Å². The fourth-order valence-corrected chi connectivity index (χ4v) is 3.90. The van der Waals surface area contributed by atoms with Crippen molar-refractivity contribution in [3.8, 4) is 5.75 Å². The number of anilines is 1. The van der Waals surface area contributed by atoms with E-state index in [0.29, 0.717) is 33.9 Å². The van der Waals surface area contributed by atoms with Gasteiger partial charge in [0.15, 0.2) is 0 Å². The van der Waals surface area contributed by atoms with Crippen LogP contribution in [0.2, 0.25) is 5.02 Å². The van der Waals surface area contributed by atoms with Crippen LogP contribution in [0.15, 0.2) is 89.9 Å². The number of amides is 1. The van der Waals surface area contributed by atoms with Crippen LogP contribution in [0.25, 0.3) is 0 Å². The number of nitro groups is 1. The number of nitro benzene ring substituents is 1. The van der Waals surface area contributed by atoms with Gasteiger partial charge in [-0.15, -0.1) is 0 Å². The van der Waals surface area contributed by atoms with Gasteiger partial charge in [0.25, 0.3) is 5.91 Å². The summed E-state index contributed by atoms with van der Waals surface area (Å²) in [5.74, 6) is -0.683. The lowest BCUT2D eigenvalue weighted by molar-refractivity contribution is -0.385. The fourth-order valence-electron chi connectivity index (χ4n) is 3.70. The summed E-state index contributed by atoms with van der Waals surface area (Å²) in [6.07, 6.45) is 1.74. The van der Waals surface area contributed by atoms with Gasteiger partial charge in [0.05, 0.1) is 10.6 Å². The minimum atomic E-state index is -0.628. The average molecular weight is 500 g/mol. The molecule has 36 heavy (non-hydrogen) atoms. The molecule has 0 bridgehead atoms. The molecule has 0 aliphatic carbocycles. The smallest absolute Gasteiger partial charge is 0.311 e. The summed E-state index contributed by atoms with van der Waals surface area (Å²) in [6, 6.07) is 24.3. The number of benzene rings is 4. The van der Waals surface area contributed by atoms with Gasteiger partial charge in [-0.25, -0.2) is 0 Å². The Morgan fingerprint density at radius 2 is 1.78 bits per heavy atom. The Hall–Kier alpha value is -4.49. The van der Waals surface area contributed by atoms with E-state index in [-0.39, 0.29) is 11.5 Å². The number of aromatic hydroxyl groups is 1. The molecular formula is C28H22ClN3O4. The van der Waals surface area contributed by atoms with E-state index in [1.165, 1.54) is 12.3 Å². The van der Waals surface area contributed by atoms with Crippen molar-refractivity contribution in [3.05, 3.63) is 128 Å². The van der Waals surface area contributed by atoms with Crippen molar-refractivity contribution in [1.82, 2.24) is 0 Å².